The highest BCUT2D eigenvalue weighted by molar-refractivity contribution is 6.13. The summed E-state index contributed by atoms with van der Waals surface area (Å²) in [5.41, 5.74) is 5.10. The summed E-state index contributed by atoms with van der Waals surface area (Å²) in [6.07, 6.45) is 1.07. The molecule has 3 aromatic heterocycles. The Labute approximate surface area is 177 Å². The van der Waals surface area contributed by atoms with E-state index < -0.39 is 0 Å². The van der Waals surface area contributed by atoms with Crippen molar-refractivity contribution in [1.82, 2.24) is 10.1 Å². The van der Waals surface area contributed by atoms with Crippen molar-refractivity contribution < 1.29 is 18.5 Å². The number of pyridine rings is 1. The molecule has 5 rings (SSSR count). The van der Waals surface area contributed by atoms with Gasteiger partial charge in [0.25, 0.3) is 11.6 Å². The number of aromatic nitrogens is 2. The van der Waals surface area contributed by atoms with Gasteiger partial charge in [-0.05, 0) is 63.1 Å². The predicted molar refractivity (Wildman–Crippen MR) is 115 cm³/mol. The molecule has 8 nitrogen and oxygen atoms in total. The smallest absolute Gasteiger partial charge is 0.259 e. The number of nitrogens with one attached hydrogen (secondary N) is 2. The highest BCUT2D eigenvalue weighted by Gasteiger charge is 2.22. The Morgan fingerprint density at radius 3 is 2.74 bits per heavy atom. The van der Waals surface area contributed by atoms with Gasteiger partial charge in [0.15, 0.2) is 0 Å². The van der Waals surface area contributed by atoms with Crippen LogP contribution in [0.1, 0.15) is 39.6 Å². The lowest BCUT2D eigenvalue weighted by Gasteiger charge is -2.18. The first kappa shape index (κ1) is 19.0. The van der Waals surface area contributed by atoms with Crippen LogP contribution in [0, 0.1) is 20.8 Å². The van der Waals surface area contributed by atoms with E-state index in [1.807, 2.05) is 26.0 Å². The summed E-state index contributed by atoms with van der Waals surface area (Å²) < 4.78 is 11.0. The molecule has 0 saturated heterocycles. The molecule has 0 fully saturated rings. The van der Waals surface area contributed by atoms with E-state index >= 15 is 0 Å². The summed E-state index contributed by atoms with van der Waals surface area (Å²) in [6.45, 7) is 5.49. The van der Waals surface area contributed by atoms with Crippen molar-refractivity contribution >= 4 is 34.3 Å². The minimum Gasteiger partial charge on any atom is -0.466 e. The van der Waals surface area contributed by atoms with Crippen LogP contribution in [-0.2, 0) is 11.2 Å². The maximum atomic E-state index is 13.3. The van der Waals surface area contributed by atoms with Crippen LogP contribution >= 0.6 is 0 Å². The molecule has 0 saturated carbocycles. The number of benzene rings is 1. The molecule has 156 valence electrons. The molecular weight excluding hydrogens is 396 g/mol. The van der Waals surface area contributed by atoms with Crippen molar-refractivity contribution in [2.24, 2.45) is 0 Å². The van der Waals surface area contributed by atoms with E-state index in [-0.39, 0.29) is 11.8 Å². The van der Waals surface area contributed by atoms with Crippen LogP contribution in [0.3, 0.4) is 0 Å². The summed E-state index contributed by atoms with van der Waals surface area (Å²) in [6, 6.07) is 9.07. The number of fused-ring (bicyclic) bond motifs is 2. The predicted octanol–water partition coefficient (Wildman–Crippen LogP) is 4.55. The van der Waals surface area contributed by atoms with Crippen LogP contribution in [0.15, 0.2) is 39.3 Å². The molecule has 1 aliphatic rings. The zero-order valence-electron chi connectivity index (χ0n) is 17.3. The number of carbonyl (C=O) groups excluding carboxylic acids is 2. The maximum Gasteiger partial charge on any atom is 0.259 e. The number of hydrogen-bond donors (Lipinski definition) is 2. The van der Waals surface area contributed by atoms with Crippen LogP contribution in [0.2, 0.25) is 0 Å². The van der Waals surface area contributed by atoms with E-state index in [0.717, 1.165) is 22.6 Å². The van der Waals surface area contributed by atoms with Crippen molar-refractivity contribution in [3.05, 3.63) is 58.7 Å². The van der Waals surface area contributed by atoms with Crippen molar-refractivity contribution in [2.75, 3.05) is 10.6 Å². The lowest BCUT2D eigenvalue weighted by molar-refractivity contribution is -0.116. The molecule has 0 spiro atoms. The van der Waals surface area contributed by atoms with Gasteiger partial charge in [0.05, 0.1) is 22.3 Å². The molecule has 0 unspecified atom stereocenters. The molecule has 1 aromatic carbocycles. The van der Waals surface area contributed by atoms with Crippen molar-refractivity contribution in [1.29, 1.82) is 0 Å². The molecule has 0 bridgehead atoms. The summed E-state index contributed by atoms with van der Waals surface area (Å²) >= 11 is 0. The largest absolute Gasteiger partial charge is 0.466 e. The normalized spacial score (nSPS) is 13.2. The number of carbonyl (C=O) groups is 2. The van der Waals surface area contributed by atoms with Crippen LogP contribution < -0.4 is 10.6 Å². The molecule has 4 heterocycles. The summed E-state index contributed by atoms with van der Waals surface area (Å²) in [5.74, 6) is 1.18. The average Bonchev–Trinajstić information content (AvgIpc) is 3.28. The number of hydrogen-bond acceptors (Lipinski definition) is 6. The van der Waals surface area contributed by atoms with Crippen molar-refractivity contribution in [2.45, 2.75) is 33.6 Å². The first-order valence-corrected chi connectivity index (χ1v) is 9.97. The molecule has 0 aliphatic carbocycles. The number of anilines is 2. The van der Waals surface area contributed by atoms with Gasteiger partial charge in [-0.1, -0.05) is 5.16 Å². The van der Waals surface area contributed by atoms with Gasteiger partial charge in [-0.2, -0.15) is 0 Å². The summed E-state index contributed by atoms with van der Waals surface area (Å²) in [7, 11) is 0. The monoisotopic (exact) mass is 416 g/mol. The Bertz CT molecular complexity index is 1370. The summed E-state index contributed by atoms with van der Waals surface area (Å²) in [5, 5.41) is 10.4. The highest BCUT2D eigenvalue weighted by atomic mass is 16.5. The second-order valence-corrected chi connectivity index (χ2v) is 7.70. The third-order valence-corrected chi connectivity index (χ3v) is 5.44. The molecule has 0 atom stereocenters. The van der Waals surface area contributed by atoms with Crippen molar-refractivity contribution in [3.8, 4) is 11.3 Å². The van der Waals surface area contributed by atoms with Crippen molar-refractivity contribution in [3.63, 3.8) is 0 Å². The maximum absolute atomic E-state index is 13.3. The third-order valence-electron chi connectivity index (χ3n) is 5.44. The standard InChI is InChI=1S/C23H20N4O4/c1-11-8-16(13(3)30-11)19-10-17(21-12(2)27-31-23(21)26-19)22(29)24-15-5-6-18-14(9-15)4-7-20(28)25-18/h5-6,8-10H,4,7H2,1-3H3,(H,24,29)(H,25,28). The fraction of sp³-hybridized carbons (Fsp3) is 0.217. The van der Waals surface area contributed by atoms with Gasteiger partial charge in [-0.15, -0.1) is 0 Å². The van der Waals surface area contributed by atoms with Crippen LogP contribution in [-0.4, -0.2) is 22.0 Å². The van der Waals surface area contributed by atoms with E-state index in [1.165, 1.54) is 0 Å². The molecule has 31 heavy (non-hydrogen) atoms. The third kappa shape index (κ3) is 3.35. The van der Waals surface area contributed by atoms with Crippen LogP contribution in [0.25, 0.3) is 22.4 Å². The zero-order valence-corrected chi connectivity index (χ0v) is 17.3. The first-order valence-electron chi connectivity index (χ1n) is 9.97. The summed E-state index contributed by atoms with van der Waals surface area (Å²) in [4.78, 5) is 29.4. The van der Waals surface area contributed by atoms with Gasteiger partial charge in [0.2, 0.25) is 5.91 Å². The highest BCUT2D eigenvalue weighted by Crippen LogP contribution is 2.31. The number of rotatable bonds is 3. The lowest BCUT2D eigenvalue weighted by atomic mass is 10.0. The minimum absolute atomic E-state index is 0.00343. The van der Waals surface area contributed by atoms with Gasteiger partial charge in [-0.25, -0.2) is 4.98 Å². The Hall–Kier alpha value is -3.94. The molecule has 2 N–H and O–H groups in total. The second kappa shape index (κ2) is 7.09. The zero-order chi connectivity index (χ0) is 21.7. The Morgan fingerprint density at radius 1 is 1.13 bits per heavy atom. The van der Waals surface area contributed by atoms with E-state index in [0.29, 0.717) is 52.3 Å². The number of aryl methyl sites for hydroxylation is 4. The van der Waals surface area contributed by atoms with E-state index in [4.69, 9.17) is 8.94 Å². The molecule has 8 heteroatoms. The molecule has 1 aliphatic heterocycles. The molecule has 4 aromatic rings. The Balaban J connectivity index is 1.54. The molecule has 2 amide bonds. The molecule has 0 radical (unpaired) electrons. The molecular formula is C23H20N4O4. The van der Waals surface area contributed by atoms with E-state index in [2.05, 4.69) is 20.8 Å². The topological polar surface area (TPSA) is 110 Å². The average molecular weight is 416 g/mol. The second-order valence-electron chi connectivity index (χ2n) is 7.70. The fourth-order valence-corrected chi connectivity index (χ4v) is 3.96. The van der Waals surface area contributed by atoms with Crippen LogP contribution in [0.4, 0.5) is 11.4 Å². The fourth-order valence-electron chi connectivity index (χ4n) is 3.96. The number of furan rings is 1. The first-order chi connectivity index (χ1) is 14.9. The SMILES string of the molecule is Cc1cc(-c2cc(C(=O)Nc3ccc4c(c3)CCC(=O)N4)c3c(C)noc3n2)c(C)o1. The van der Waals surface area contributed by atoms with Gasteiger partial charge in [0.1, 0.15) is 11.5 Å². The lowest BCUT2D eigenvalue weighted by Crippen LogP contribution is -2.19. The van der Waals surface area contributed by atoms with Gasteiger partial charge >= 0.3 is 0 Å². The Morgan fingerprint density at radius 2 is 1.97 bits per heavy atom. The minimum atomic E-state index is -0.294. The Kier molecular flexibility index (Phi) is 4.35. The van der Waals surface area contributed by atoms with Gasteiger partial charge in [-0.3, -0.25) is 9.59 Å². The van der Waals surface area contributed by atoms with Crippen LogP contribution in [0.5, 0.6) is 0 Å². The number of nitrogens with zero attached hydrogens (tertiary/aromatic N) is 2. The van der Waals surface area contributed by atoms with E-state index in [1.54, 1.807) is 25.1 Å². The van der Waals surface area contributed by atoms with Gasteiger partial charge < -0.3 is 19.6 Å². The van der Waals surface area contributed by atoms with E-state index in [9.17, 15) is 9.59 Å². The quantitative estimate of drug-likeness (QED) is 0.507. The number of amides is 2. The van der Waals surface area contributed by atoms with Gasteiger partial charge in [0, 0.05) is 23.4 Å².